The van der Waals surface area contributed by atoms with E-state index in [0.29, 0.717) is 8.95 Å². The summed E-state index contributed by atoms with van der Waals surface area (Å²) in [5.74, 6) is 0.536. The fraction of sp³-hybridized carbons (Fsp3) is 0.100. The van der Waals surface area contributed by atoms with Crippen LogP contribution in [-0.4, -0.2) is 16.8 Å². The number of nitrogens with zero attached hydrogens (tertiary/aromatic N) is 2. The van der Waals surface area contributed by atoms with Crippen molar-refractivity contribution >= 4 is 74.7 Å². The van der Waals surface area contributed by atoms with Crippen molar-refractivity contribution < 1.29 is 26.3 Å². The van der Waals surface area contributed by atoms with Gasteiger partial charge in [0.1, 0.15) is 24.7 Å². The van der Waals surface area contributed by atoms with Crippen molar-refractivity contribution in [2.45, 2.75) is 36.9 Å². The molecule has 0 amide bonds. The summed E-state index contributed by atoms with van der Waals surface area (Å²) in [6.45, 7) is 3.97. The molecule has 0 bridgehead atoms. The summed E-state index contributed by atoms with van der Waals surface area (Å²) >= 11 is 7.17. The molecule has 1 aliphatic heterocycles. The second-order valence-electron chi connectivity index (χ2n) is 12.2. The first-order valence-corrected chi connectivity index (χ1v) is 20.7. The van der Waals surface area contributed by atoms with Crippen molar-refractivity contribution in [1.82, 2.24) is 0 Å². The van der Waals surface area contributed by atoms with Gasteiger partial charge >= 0.3 is 0 Å². The third-order valence-corrected chi connectivity index (χ3v) is 14.0. The average molecular weight is 861 g/mol. The summed E-state index contributed by atoms with van der Waals surface area (Å²) in [4.78, 5) is 0.00191. The number of benzene rings is 6. The van der Waals surface area contributed by atoms with E-state index in [-0.39, 0.29) is 57.3 Å². The lowest BCUT2D eigenvalue weighted by molar-refractivity contribution is 0.286. The van der Waals surface area contributed by atoms with Crippen molar-refractivity contribution in [1.29, 1.82) is 0 Å². The molecule has 6 aromatic carbocycles. The maximum Gasteiger partial charge on any atom is 0.268 e. The average Bonchev–Trinajstić information content (AvgIpc) is 3.13. The number of anilines is 4. The summed E-state index contributed by atoms with van der Waals surface area (Å²) in [6.07, 6.45) is 0. The molecule has 0 unspecified atom stereocenters. The Morgan fingerprint density at radius 2 is 0.827 bits per heavy atom. The van der Waals surface area contributed by atoms with E-state index >= 15 is 16.8 Å². The molecule has 12 heteroatoms. The normalized spacial score (nSPS) is 13.4. The van der Waals surface area contributed by atoms with Crippen LogP contribution in [0.15, 0.2) is 152 Å². The van der Waals surface area contributed by atoms with E-state index in [1.807, 2.05) is 38.1 Å². The molecule has 0 aliphatic carbocycles. The zero-order valence-electron chi connectivity index (χ0n) is 28.0. The largest absolute Gasteiger partial charge is 0.487 e. The first-order valence-electron chi connectivity index (χ1n) is 16.2. The van der Waals surface area contributed by atoms with Crippen LogP contribution in [0.5, 0.6) is 11.5 Å². The van der Waals surface area contributed by atoms with Gasteiger partial charge in [-0.15, -0.1) is 0 Å². The number of hydrogen-bond acceptors (Lipinski definition) is 6. The molecule has 1 heterocycles. The van der Waals surface area contributed by atoms with Gasteiger partial charge in [-0.05, 0) is 117 Å². The number of ether oxygens (including phenoxy) is 2. The Morgan fingerprint density at radius 1 is 0.481 bits per heavy atom. The minimum Gasteiger partial charge on any atom is -0.487 e. The van der Waals surface area contributed by atoms with Gasteiger partial charge in [0.15, 0.2) is 0 Å². The molecular formula is C40H32Br2N2O6S2. The maximum absolute atomic E-state index is 15.1. The Morgan fingerprint density at radius 3 is 1.21 bits per heavy atom. The highest BCUT2D eigenvalue weighted by molar-refractivity contribution is 9.13. The van der Waals surface area contributed by atoms with Crippen LogP contribution in [0.4, 0.5) is 22.7 Å². The number of para-hydroxylation sites is 4. The molecule has 0 radical (unpaired) electrons. The molecule has 0 atom stereocenters. The molecule has 7 rings (SSSR count). The quantitative estimate of drug-likeness (QED) is 0.175. The first-order chi connectivity index (χ1) is 24.9. The Kier molecular flexibility index (Phi) is 9.92. The van der Waals surface area contributed by atoms with Crippen molar-refractivity contribution in [3.05, 3.63) is 165 Å². The van der Waals surface area contributed by atoms with Crippen LogP contribution in [0, 0.1) is 13.8 Å². The second kappa shape index (κ2) is 14.4. The van der Waals surface area contributed by atoms with Crippen molar-refractivity contribution in [3.8, 4) is 11.5 Å². The Bertz CT molecular complexity index is 2330. The Balaban J connectivity index is 1.61. The predicted octanol–water partition coefficient (Wildman–Crippen LogP) is 10.4. The summed E-state index contributed by atoms with van der Waals surface area (Å²) in [7, 11) is -8.91. The fourth-order valence-electron chi connectivity index (χ4n) is 5.90. The SMILES string of the molecule is Cc1ccc(S(=O)(=O)N2c3ccccc3OCc3ccccc3COc3ccccc3N(S(=O)(=O)c3ccc(C)cc3)c3cc(Br)c(Br)cc32)cc1. The maximum atomic E-state index is 15.1. The van der Waals surface area contributed by atoms with Crippen LogP contribution >= 0.6 is 31.9 Å². The smallest absolute Gasteiger partial charge is 0.268 e. The molecule has 0 saturated carbocycles. The van der Waals surface area contributed by atoms with Crippen molar-refractivity contribution in [3.63, 3.8) is 0 Å². The lowest BCUT2D eigenvalue weighted by Crippen LogP contribution is -2.32. The minimum absolute atomic E-state index is 0.000955. The van der Waals surface area contributed by atoms with Gasteiger partial charge in [0.25, 0.3) is 20.0 Å². The predicted molar refractivity (Wildman–Crippen MR) is 211 cm³/mol. The van der Waals surface area contributed by atoms with Gasteiger partial charge in [-0.1, -0.05) is 83.9 Å². The highest BCUT2D eigenvalue weighted by atomic mass is 79.9. The Labute approximate surface area is 320 Å². The standard InChI is InChI=1S/C40H32Br2N2O6S2/c1-27-15-19-31(20-16-27)51(45,46)43-35-11-5-7-13-39(35)49-25-29-9-3-4-10-30(29)26-50-40-14-8-6-12-36(40)44(38-24-34(42)33(41)23-37(38)43)52(47,48)32-21-17-28(2)18-22-32/h3-24H,25-26H2,1-2H3. The van der Waals surface area contributed by atoms with Crippen LogP contribution in [0.2, 0.25) is 0 Å². The van der Waals surface area contributed by atoms with Crippen LogP contribution < -0.4 is 18.1 Å². The van der Waals surface area contributed by atoms with Gasteiger partial charge in [-0.2, -0.15) is 0 Å². The summed E-state index contributed by atoms with van der Waals surface area (Å²) < 4.78 is 76.6. The third-order valence-electron chi connectivity index (χ3n) is 8.63. The molecular weight excluding hydrogens is 828 g/mol. The van der Waals surface area contributed by atoms with E-state index in [4.69, 9.17) is 9.47 Å². The molecule has 264 valence electrons. The number of hydrogen-bond donors (Lipinski definition) is 0. The highest BCUT2D eigenvalue weighted by Gasteiger charge is 2.37. The van der Waals surface area contributed by atoms with Crippen molar-refractivity contribution in [2.24, 2.45) is 0 Å². The van der Waals surface area contributed by atoms with E-state index in [1.54, 1.807) is 84.9 Å². The summed E-state index contributed by atoms with van der Waals surface area (Å²) in [5, 5.41) is 0. The molecule has 8 nitrogen and oxygen atoms in total. The lowest BCUT2D eigenvalue weighted by Gasteiger charge is -2.33. The zero-order valence-corrected chi connectivity index (χ0v) is 32.8. The minimum atomic E-state index is -4.45. The number of rotatable bonds is 4. The molecule has 0 N–H and O–H groups in total. The number of fused-ring (bicyclic) bond motifs is 4. The van der Waals surface area contributed by atoms with E-state index in [1.165, 1.54) is 24.3 Å². The van der Waals surface area contributed by atoms with E-state index in [2.05, 4.69) is 31.9 Å². The van der Waals surface area contributed by atoms with Gasteiger partial charge in [0.05, 0.1) is 32.5 Å². The topological polar surface area (TPSA) is 93.2 Å². The van der Waals surface area contributed by atoms with Gasteiger partial charge < -0.3 is 9.47 Å². The highest BCUT2D eigenvalue weighted by Crippen LogP contribution is 2.50. The van der Waals surface area contributed by atoms with E-state index in [0.717, 1.165) is 30.9 Å². The summed E-state index contributed by atoms with van der Waals surface area (Å²) in [5.41, 5.74) is 3.83. The Hall–Kier alpha value is -4.62. The van der Waals surface area contributed by atoms with E-state index < -0.39 is 20.0 Å². The number of aryl methyl sites for hydroxylation is 2. The number of halogens is 2. The molecule has 0 saturated heterocycles. The lowest BCUT2D eigenvalue weighted by atomic mass is 10.1. The molecule has 0 fully saturated rings. The van der Waals surface area contributed by atoms with Crippen LogP contribution in [-0.2, 0) is 33.3 Å². The van der Waals surface area contributed by atoms with Crippen LogP contribution in [0.25, 0.3) is 0 Å². The van der Waals surface area contributed by atoms with Crippen LogP contribution in [0.1, 0.15) is 22.3 Å². The van der Waals surface area contributed by atoms with Crippen molar-refractivity contribution in [2.75, 3.05) is 8.61 Å². The third kappa shape index (κ3) is 6.83. The molecule has 6 aromatic rings. The van der Waals surface area contributed by atoms with Gasteiger partial charge in [-0.25, -0.2) is 25.4 Å². The van der Waals surface area contributed by atoms with Gasteiger partial charge in [0, 0.05) is 8.95 Å². The number of sulfonamides is 2. The molecule has 0 aromatic heterocycles. The fourth-order valence-corrected chi connectivity index (χ4v) is 9.58. The molecule has 0 spiro atoms. The summed E-state index contributed by atoms with van der Waals surface area (Å²) in [6, 6.07) is 37.4. The second-order valence-corrected chi connectivity index (χ2v) is 17.5. The molecule has 52 heavy (non-hydrogen) atoms. The zero-order chi connectivity index (χ0) is 36.6. The van der Waals surface area contributed by atoms with Gasteiger partial charge in [-0.3, -0.25) is 0 Å². The first kappa shape index (κ1) is 35.8. The van der Waals surface area contributed by atoms with E-state index in [9.17, 15) is 0 Å². The molecule has 1 aliphatic rings. The monoisotopic (exact) mass is 858 g/mol. The van der Waals surface area contributed by atoms with Crippen LogP contribution in [0.3, 0.4) is 0 Å². The van der Waals surface area contributed by atoms with Gasteiger partial charge in [0.2, 0.25) is 0 Å².